The fourth-order valence-corrected chi connectivity index (χ4v) is 3.71. The first-order valence-corrected chi connectivity index (χ1v) is 8.85. The highest BCUT2D eigenvalue weighted by atomic mass is 15.1. The molecule has 0 radical (unpaired) electrons. The average Bonchev–Trinajstić information content (AvgIpc) is 2.37. The second-order valence-electron chi connectivity index (χ2n) is 7.72. The van der Waals surface area contributed by atoms with E-state index in [1.807, 2.05) is 0 Å². The maximum Gasteiger partial charge on any atom is 0.0113 e. The van der Waals surface area contributed by atoms with Gasteiger partial charge in [0.25, 0.3) is 0 Å². The molecular formula is C18H38N2. The van der Waals surface area contributed by atoms with Crippen molar-refractivity contribution in [1.29, 1.82) is 0 Å². The fraction of sp³-hybridized carbons (Fsp3) is 1.00. The van der Waals surface area contributed by atoms with E-state index in [0.717, 1.165) is 29.7 Å². The van der Waals surface area contributed by atoms with Crippen molar-refractivity contribution in [1.82, 2.24) is 10.2 Å². The third kappa shape index (κ3) is 6.13. The molecule has 2 nitrogen and oxygen atoms in total. The van der Waals surface area contributed by atoms with Gasteiger partial charge in [0.1, 0.15) is 0 Å². The van der Waals surface area contributed by atoms with Crippen LogP contribution in [0.2, 0.25) is 0 Å². The van der Waals surface area contributed by atoms with Crippen LogP contribution in [0.4, 0.5) is 0 Å². The van der Waals surface area contributed by atoms with Gasteiger partial charge in [0.05, 0.1) is 0 Å². The normalized spacial score (nSPS) is 31.2. The predicted molar refractivity (Wildman–Crippen MR) is 90.1 cm³/mol. The van der Waals surface area contributed by atoms with Gasteiger partial charge in [-0.3, -0.25) is 0 Å². The zero-order valence-corrected chi connectivity index (χ0v) is 14.8. The quantitative estimate of drug-likeness (QED) is 0.723. The minimum atomic E-state index is 0.732. The maximum atomic E-state index is 3.83. The summed E-state index contributed by atoms with van der Waals surface area (Å²) >= 11 is 0. The molecule has 4 unspecified atom stereocenters. The van der Waals surface area contributed by atoms with Gasteiger partial charge in [-0.25, -0.2) is 0 Å². The van der Waals surface area contributed by atoms with E-state index in [1.54, 1.807) is 0 Å². The third-order valence-corrected chi connectivity index (χ3v) is 4.95. The van der Waals surface area contributed by atoms with Crippen molar-refractivity contribution in [3.63, 3.8) is 0 Å². The van der Waals surface area contributed by atoms with Gasteiger partial charge >= 0.3 is 0 Å². The van der Waals surface area contributed by atoms with Crippen LogP contribution in [-0.2, 0) is 0 Å². The van der Waals surface area contributed by atoms with Gasteiger partial charge in [-0.2, -0.15) is 0 Å². The minimum Gasteiger partial charge on any atom is -0.314 e. The summed E-state index contributed by atoms with van der Waals surface area (Å²) in [4.78, 5) is 2.57. The Bertz CT molecular complexity index is 252. The van der Waals surface area contributed by atoms with Crippen molar-refractivity contribution in [3.8, 4) is 0 Å². The molecule has 1 aliphatic rings. The van der Waals surface area contributed by atoms with Crippen LogP contribution in [0.5, 0.6) is 0 Å². The van der Waals surface area contributed by atoms with E-state index in [9.17, 15) is 0 Å². The summed E-state index contributed by atoms with van der Waals surface area (Å²) in [6.45, 7) is 15.5. The molecule has 2 heteroatoms. The molecule has 0 amide bonds. The van der Waals surface area contributed by atoms with Crippen LogP contribution in [0.15, 0.2) is 0 Å². The van der Waals surface area contributed by atoms with Crippen molar-refractivity contribution in [2.24, 2.45) is 23.7 Å². The SMILES string of the molecule is CCCNC1CC(C)CC(C)C1CN(C)CCC(C)C. The summed E-state index contributed by atoms with van der Waals surface area (Å²) in [5, 5.41) is 3.83. The molecule has 1 rings (SSSR count). The Labute approximate surface area is 127 Å². The van der Waals surface area contributed by atoms with Crippen LogP contribution in [0.1, 0.15) is 60.3 Å². The van der Waals surface area contributed by atoms with Gasteiger partial charge in [-0.05, 0) is 69.5 Å². The lowest BCUT2D eigenvalue weighted by atomic mass is 9.72. The average molecular weight is 283 g/mol. The molecule has 120 valence electrons. The molecule has 0 spiro atoms. The number of hydrogen-bond donors (Lipinski definition) is 1. The maximum absolute atomic E-state index is 3.83. The van der Waals surface area contributed by atoms with Gasteiger partial charge in [-0.1, -0.05) is 34.6 Å². The summed E-state index contributed by atoms with van der Waals surface area (Å²) in [7, 11) is 2.31. The fourth-order valence-electron chi connectivity index (χ4n) is 3.71. The summed E-state index contributed by atoms with van der Waals surface area (Å²) in [5.74, 6) is 3.39. The molecule has 1 N–H and O–H groups in total. The van der Waals surface area contributed by atoms with Crippen LogP contribution >= 0.6 is 0 Å². The lowest BCUT2D eigenvalue weighted by molar-refractivity contribution is 0.109. The van der Waals surface area contributed by atoms with Crippen LogP contribution in [-0.4, -0.2) is 37.6 Å². The van der Waals surface area contributed by atoms with Crippen LogP contribution < -0.4 is 5.32 Å². The predicted octanol–water partition coefficient (Wildman–Crippen LogP) is 4.01. The first kappa shape index (κ1) is 18.0. The van der Waals surface area contributed by atoms with Gasteiger partial charge in [-0.15, -0.1) is 0 Å². The highest BCUT2D eigenvalue weighted by Gasteiger charge is 2.33. The van der Waals surface area contributed by atoms with Gasteiger partial charge in [0, 0.05) is 12.6 Å². The molecule has 1 aliphatic carbocycles. The third-order valence-electron chi connectivity index (χ3n) is 4.95. The highest BCUT2D eigenvalue weighted by molar-refractivity contribution is 4.89. The zero-order chi connectivity index (χ0) is 15.1. The summed E-state index contributed by atoms with van der Waals surface area (Å²) in [6.07, 6.45) is 5.34. The van der Waals surface area contributed by atoms with Gasteiger partial charge in [0.15, 0.2) is 0 Å². The largest absolute Gasteiger partial charge is 0.314 e. The van der Waals surface area contributed by atoms with E-state index in [-0.39, 0.29) is 0 Å². The summed E-state index contributed by atoms with van der Waals surface area (Å²) < 4.78 is 0. The van der Waals surface area contributed by atoms with Crippen molar-refractivity contribution < 1.29 is 0 Å². The van der Waals surface area contributed by atoms with Crippen LogP contribution in [0.25, 0.3) is 0 Å². The van der Waals surface area contributed by atoms with Crippen molar-refractivity contribution in [2.75, 3.05) is 26.7 Å². The van der Waals surface area contributed by atoms with Crippen molar-refractivity contribution >= 4 is 0 Å². The standard InChI is InChI=1S/C18H38N2/c1-7-9-19-18-12-15(4)11-16(5)17(18)13-20(6)10-8-14(2)3/h14-19H,7-13H2,1-6H3. The zero-order valence-electron chi connectivity index (χ0n) is 14.8. The lowest BCUT2D eigenvalue weighted by Crippen LogP contribution is -2.48. The van der Waals surface area contributed by atoms with Crippen LogP contribution in [0, 0.1) is 23.7 Å². The second-order valence-corrected chi connectivity index (χ2v) is 7.72. The molecule has 1 saturated carbocycles. The van der Waals surface area contributed by atoms with Gasteiger partial charge in [0.2, 0.25) is 0 Å². The van der Waals surface area contributed by atoms with E-state index in [0.29, 0.717) is 0 Å². The number of nitrogens with one attached hydrogen (secondary N) is 1. The minimum absolute atomic E-state index is 0.732. The van der Waals surface area contributed by atoms with Crippen molar-refractivity contribution in [2.45, 2.75) is 66.3 Å². The van der Waals surface area contributed by atoms with E-state index in [2.05, 4.69) is 51.9 Å². The number of rotatable bonds is 8. The van der Waals surface area contributed by atoms with E-state index >= 15 is 0 Å². The smallest absolute Gasteiger partial charge is 0.0113 e. The molecule has 20 heavy (non-hydrogen) atoms. The molecule has 1 fully saturated rings. The molecule has 0 aromatic carbocycles. The Hall–Kier alpha value is -0.0800. The van der Waals surface area contributed by atoms with Crippen LogP contribution in [0.3, 0.4) is 0 Å². The summed E-state index contributed by atoms with van der Waals surface area (Å²) in [5.41, 5.74) is 0. The summed E-state index contributed by atoms with van der Waals surface area (Å²) in [6, 6.07) is 0.732. The van der Waals surface area contributed by atoms with Crippen molar-refractivity contribution in [3.05, 3.63) is 0 Å². The molecule has 0 aromatic rings. The molecule has 4 atom stereocenters. The first-order chi connectivity index (χ1) is 9.43. The monoisotopic (exact) mass is 282 g/mol. The Morgan fingerprint density at radius 1 is 1.20 bits per heavy atom. The molecule has 0 aliphatic heterocycles. The molecular weight excluding hydrogens is 244 g/mol. The molecule has 0 saturated heterocycles. The Balaban J connectivity index is 2.52. The van der Waals surface area contributed by atoms with E-state index < -0.39 is 0 Å². The van der Waals surface area contributed by atoms with Gasteiger partial charge < -0.3 is 10.2 Å². The topological polar surface area (TPSA) is 15.3 Å². The molecule has 0 heterocycles. The van der Waals surface area contributed by atoms with E-state index in [1.165, 1.54) is 45.3 Å². The first-order valence-electron chi connectivity index (χ1n) is 8.85. The Kier molecular flexibility index (Phi) is 8.13. The molecule has 0 aromatic heterocycles. The second kappa shape index (κ2) is 9.04. The number of hydrogen-bond acceptors (Lipinski definition) is 2. The lowest BCUT2D eigenvalue weighted by Gasteiger charge is -2.42. The molecule has 0 bridgehead atoms. The van der Waals surface area contributed by atoms with E-state index in [4.69, 9.17) is 0 Å². The highest BCUT2D eigenvalue weighted by Crippen LogP contribution is 2.34. The number of nitrogens with zero attached hydrogens (tertiary/aromatic N) is 1. The Morgan fingerprint density at radius 3 is 2.50 bits per heavy atom. The Morgan fingerprint density at radius 2 is 1.90 bits per heavy atom.